The van der Waals surface area contributed by atoms with Crippen LogP contribution in [0.4, 0.5) is 5.69 Å². The Hall–Kier alpha value is -1.35. The fourth-order valence-electron chi connectivity index (χ4n) is 3.10. The zero-order chi connectivity index (χ0) is 12.9. The van der Waals surface area contributed by atoms with E-state index in [1.165, 1.54) is 50.9 Å². The van der Waals surface area contributed by atoms with Crippen LogP contribution in [-0.4, -0.2) is 29.5 Å². The van der Waals surface area contributed by atoms with E-state index >= 15 is 0 Å². The predicted molar refractivity (Wildman–Crippen MR) is 77.6 cm³/mol. The minimum Gasteiger partial charge on any atom is -0.266 e. The van der Waals surface area contributed by atoms with Gasteiger partial charge in [-0.3, -0.25) is 10.3 Å². The second-order valence-corrected chi connectivity index (χ2v) is 5.51. The van der Waals surface area contributed by atoms with Gasteiger partial charge >= 0.3 is 0 Å². The van der Waals surface area contributed by atoms with Gasteiger partial charge in [0.15, 0.2) is 11.8 Å². The molecule has 1 atom stereocenters. The first-order chi connectivity index (χ1) is 9.43. The van der Waals surface area contributed by atoms with Crippen molar-refractivity contribution in [2.24, 2.45) is 0 Å². The van der Waals surface area contributed by atoms with Crippen LogP contribution in [0.3, 0.4) is 0 Å². The number of rotatable bonds is 3. The van der Waals surface area contributed by atoms with Gasteiger partial charge in [0, 0.05) is 19.3 Å². The van der Waals surface area contributed by atoms with E-state index in [0.29, 0.717) is 0 Å². The summed E-state index contributed by atoms with van der Waals surface area (Å²) in [6, 6.07) is 10.2. The van der Waals surface area contributed by atoms with Crippen LogP contribution in [0.25, 0.3) is 0 Å². The quantitative estimate of drug-likeness (QED) is 0.666. The van der Waals surface area contributed by atoms with Gasteiger partial charge in [-0.2, -0.15) is 0 Å². The molecule has 0 spiro atoms. The fraction of sp³-hybridized carbons (Fsp3) is 0.562. The first-order valence-electron chi connectivity index (χ1n) is 7.51. The summed E-state index contributed by atoms with van der Waals surface area (Å²) in [6.45, 7) is 2.45. The first-order valence-corrected chi connectivity index (χ1v) is 7.51. The number of nitrogens with one attached hydrogen (secondary N) is 1. The Bertz CT molecular complexity index is 433. The maximum Gasteiger partial charge on any atom is 0.184 e. The third-order valence-corrected chi connectivity index (χ3v) is 4.13. The van der Waals surface area contributed by atoms with Crippen LogP contribution in [-0.2, 0) is 4.84 Å². The van der Waals surface area contributed by atoms with Gasteiger partial charge in [0.2, 0.25) is 0 Å². The topological polar surface area (TPSA) is 24.3 Å². The molecule has 1 unspecified atom stereocenters. The lowest BCUT2D eigenvalue weighted by atomic mass is 9.95. The highest BCUT2D eigenvalue weighted by Gasteiger charge is 2.31. The molecular weight excluding hydrogens is 236 g/mol. The number of para-hydroxylation sites is 1. The van der Waals surface area contributed by atoms with Crippen molar-refractivity contribution in [3.63, 3.8) is 0 Å². The van der Waals surface area contributed by atoms with E-state index in [1.807, 2.05) is 30.3 Å². The maximum atomic E-state index is 5.97. The van der Waals surface area contributed by atoms with Gasteiger partial charge in [-0.1, -0.05) is 18.2 Å². The maximum absolute atomic E-state index is 5.97. The Balaban J connectivity index is 1.66. The summed E-state index contributed by atoms with van der Waals surface area (Å²) in [5.41, 5.74) is 5.68. The van der Waals surface area contributed by atoms with Crippen LogP contribution in [0.2, 0.25) is 0 Å². The van der Waals surface area contributed by atoms with Gasteiger partial charge in [0.05, 0.1) is 5.69 Å². The van der Waals surface area contributed by atoms with Crippen LogP contribution in [0, 0.1) is 0 Å². The molecule has 1 N–H and O–H groups in total. The Morgan fingerprint density at radius 1 is 1.00 bits per heavy atom. The molecule has 0 amide bonds. The number of hydrogen-bond donors (Lipinski definition) is 1. The van der Waals surface area contributed by atoms with Gasteiger partial charge in [0.1, 0.15) is 13.1 Å². The fourth-order valence-corrected chi connectivity index (χ4v) is 3.10. The number of benzene rings is 1. The SMILES string of the molecule is c1ccc(NOC2CCCCC2=[N+]2CCCC2)cc1. The minimum absolute atomic E-state index is 0.257. The van der Waals surface area contributed by atoms with Gasteiger partial charge in [-0.25, -0.2) is 4.58 Å². The van der Waals surface area contributed by atoms with E-state index in [1.54, 1.807) is 0 Å². The Morgan fingerprint density at radius 2 is 1.79 bits per heavy atom. The summed E-state index contributed by atoms with van der Waals surface area (Å²) >= 11 is 0. The highest BCUT2D eigenvalue weighted by atomic mass is 16.7. The number of nitrogens with zero attached hydrogens (tertiary/aromatic N) is 1. The van der Waals surface area contributed by atoms with Gasteiger partial charge < -0.3 is 0 Å². The van der Waals surface area contributed by atoms with Crippen LogP contribution in [0.15, 0.2) is 30.3 Å². The average molecular weight is 259 g/mol. The molecule has 0 radical (unpaired) electrons. The van der Waals surface area contributed by atoms with E-state index in [-0.39, 0.29) is 6.10 Å². The van der Waals surface area contributed by atoms with Crippen molar-refractivity contribution in [2.45, 2.75) is 44.6 Å². The van der Waals surface area contributed by atoms with Gasteiger partial charge in [-0.15, -0.1) is 0 Å². The predicted octanol–water partition coefficient (Wildman–Crippen LogP) is 3.22. The molecule has 3 heteroatoms. The summed E-state index contributed by atoms with van der Waals surface area (Å²) < 4.78 is 2.55. The molecule has 1 heterocycles. The lowest BCUT2D eigenvalue weighted by molar-refractivity contribution is -0.510. The second-order valence-electron chi connectivity index (χ2n) is 5.51. The molecule has 3 nitrogen and oxygen atoms in total. The normalized spacial score (nSPS) is 23.7. The zero-order valence-electron chi connectivity index (χ0n) is 11.5. The molecule has 3 rings (SSSR count). The lowest BCUT2D eigenvalue weighted by Crippen LogP contribution is -2.36. The molecule has 0 bridgehead atoms. The third-order valence-electron chi connectivity index (χ3n) is 4.13. The van der Waals surface area contributed by atoms with Crippen molar-refractivity contribution in [1.29, 1.82) is 0 Å². The van der Waals surface area contributed by atoms with E-state index < -0.39 is 0 Å². The summed E-state index contributed by atoms with van der Waals surface area (Å²) in [6.07, 6.45) is 7.87. The van der Waals surface area contributed by atoms with Crippen molar-refractivity contribution in [2.75, 3.05) is 18.6 Å². The van der Waals surface area contributed by atoms with Crippen molar-refractivity contribution in [3.8, 4) is 0 Å². The first kappa shape index (κ1) is 12.7. The minimum atomic E-state index is 0.257. The Morgan fingerprint density at radius 3 is 2.58 bits per heavy atom. The lowest BCUT2D eigenvalue weighted by Gasteiger charge is -2.22. The average Bonchev–Trinajstić information content (AvgIpc) is 3.01. The van der Waals surface area contributed by atoms with Gasteiger partial charge in [-0.05, 0) is 31.4 Å². The number of anilines is 1. The second kappa shape index (κ2) is 6.20. The highest BCUT2D eigenvalue weighted by Crippen LogP contribution is 2.21. The van der Waals surface area contributed by atoms with E-state index in [4.69, 9.17) is 4.84 Å². The standard InChI is InChI=1S/C16H23N2O/c1-2-8-14(9-3-1)17-19-16-11-5-4-10-15(16)18-12-6-7-13-18/h1-3,8-9,16-17H,4-7,10-13H2/q+1. The molecule has 2 fully saturated rings. The molecule has 0 aromatic heterocycles. The molecule has 1 aliphatic carbocycles. The van der Waals surface area contributed by atoms with Crippen LogP contribution < -0.4 is 5.48 Å². The zero-order valence-corrected chi connectivity index (χ0v) is 11.5. The van der Waals surface area contributed by atoms with Crippen LogP contribution in [0.5, 0.6) is 0 Å². The van der Waals surface area contributed by atoms with E-state index in [2.05, 4.69) is 10.1 Å². The molecule has 1 saturated heterocycles. The molecule has 1 aliphatic heterocycles. The Kier molecular flexibility index (Phi) is 4.13. The highest BCUT2D eigenvalue weighted by molar-refractivity contribution is 5.85. The van der Waals surface area contributed by atoms with Crippen LogP contribution in [0.1, 0.15) is 38.5 Å². The van der Waals surface area contributed by atoms with E-state index in [9.17, 15) is 0 Å². The smallest absolute Gasteiger partial charge is 0.184 e. The Labute approximate surface area is 115 Å². The summed E-state index contributed by atoms with van der Waals surface area (Å²) in [7, 11) is 0. The number of hydrogen-bond acceptors (Lipinski definition) is 2. The van der Waals surface area contributed by atoms with E-state index in [0.717, 1.165) is 12.1 Å². The van der Waals surface area contributed by atoms with Crippen molar-refractivity contribution in [1.82, 2.24) is 0 Å². The van der Waals surface area contributed by atoms with Crippen molar-refractivity contribution >= 4 is 11.4 Å². The van der Waals surface area contributed by atoms with Crippen molar-refractivity contribution in [3.05, 3.63) is 30.3 Å². The monoisotopic (exact) mass is 259 g/mol. The molecule has 1 saturated carbocycles. The molecule has 1 aromatic carbocycles. The molecular formula is C16H23N2O+. The molecule has 19 heavy (non-hydrogen) atoms. The molecule has 1 aromatic rings. The summed E-state index contributed by atoms with van der Waals surface area (Å²) in [5.74, 6) is 0. The summed E-state index contributed by atoms with van der Waals surface area (Å²) in [5, 5.41) is 0. The molecule has 102 valence electrons. The van der Waals surface area contributed by atoms with Crippen LogP contribution >= 0.6 is 0 Å². The summed E-state index contributed by atoms with van der Waals surface area (Å²) in [4.78, 5) is 5.97. The van der Waals surface area contributed by atoms with Gasteiger partial charge in [0.25, 0.3) is 0 Å². The largest absolute Gasteiger partial charge is 0.266 e. The van der Waals surface area contributed by atoms with Crippen molar-refractivity contribution < 1.29 is 9.41 Å². The molecule has 2 aliphatic rings. The third kappa shape index (κ3) is 3.16.